The lowest BCUT2D eigenvalue weighted by molar-refractivity contribution is 0.570. The second kappa shape index (κ2) is 3.76. The number of fused-ring (bicyclic) bond motifs is 6. The molecule has 0 N–H and O–H groups in total. The van der Waals surface area contributed by atoms with Crippen molar-refractivity contribution in [3.63, 3.8) is 0 Å². The standard InChI is InChI=1S/C16H10F2N2/c1-9-15(18)20-14-5-3-2-4-11(14)13-8-10(17)6-7-12(13)16(20)19-9/h2-8H,1H3. The number of benzene rings is 2. The predicted octanol–water partition coefficient (Wildman–Crippen LogP) is 4.23. The maximum atomic E-state index is 14.3. The number of imidazole rings is 1. The Kier molecular flexibility index (Phi) is 2.13. The third-order valence-corrected chi connectivity index (χ3v) is 3.64. The highest BCUT2D eigenvalue weighted by molar-refractivity contribution is 6.11. The van der Waals surface area contributed by atoms with Crippen molar-refractivity contribution in [3.05, 3.63) is 59.9 Å². The molecule has 2 aromatic carbocycles. The van der Waals surface area contributed by atoms with Crippen molar-refractivity contribution in [2.24, 2.45) is 0 Å². The van der Waals surface area contributed by atoms with Gasteiger partial charge >= 0.3 is 0 Å². The zero-order valence-corrected chi connectivity index (χ0v) is 10.7. The number of halogens is 2. The molecule has 98 valence electrons. The van der Waals surface area contributed by atoms with Crippen molar-refractivity contribution in [1.82, 2.24) is 9.38 Å². The molecule has 0 spiro atoms. The lowest BCUT2D eigenvalue weighted by atomic mass is 10.1. The Morgan fingerprint density at radius 3 is 2.60 bits per heavy atom. The van der Waals surface area contributed by atoms with Crippen LogP contribution in [0.5, 0.6) is 0 Å². The van der Waals surface area contributed by atoms with Gasteiger partial charge in [0.05, 0.1) is 11.2 Å². The molecular weight excluding hydrogens is 258 g/mol. The summed E-state index contributed by atoms with van der Waals surface area (Å²) in [4.78, 5) is 4.29. The highest BCUT2D eigenvalue weighted by Gasteiger charge is 2.15. The van der Waals surface area contributed by atoms with Crippen LogP contribution in [0.3, 0.4) is 0 Å². The van der Waals surface area contributed by atoms with Crippen LogP contribution < -0.4 is 0 Å². The van der Waals surface area contributed by atoms with Gasteiger partial charge < -0.3 is 0 Å². The van der Waals surface area contributed by atoms with Gasteiger partial charge in [-0.25, -0.2) is 9.37 Å². The smallest absolute Gasteiger partial charge is 0.221 e. The van der Waals surface area contributed by atoms with Crippen molar-refractivity contribution < 1.29 is 8.78 Å². The normalized spacial score (nSPS) is 11.8. The Morgan fingerprint density at radius 1 is 0.950 bits per heavy atom. The molecule has 4 heteroatoms. The first-order chi connectivity index (χ1) is 9.66. The molecule has 20 heavy (non-hydrogen) atoms. The van der Waals surface area contributed by atoms with Crippen molar-refractivity contribution >= 4 is 27.3 Å². The maximum absolute atomic E-state index is 14.3. The first-order valence-electron chi connectivity index (χ1n) is 6.31. The molecule has 0 aliphatic rings. The van der Waals surface area contributed by atoms with Crippen LogP contribution in [0.1, 0.15) is 5.69 Å². The Morgan fingerprint density at radius 2 is 1.75 bits per heavy atom. The van der Waals surface area contributed by atoms with Crippen molar-refractivity contribution in [3.8, 4) is 0 Å². The number of aromatic nitrogens is 2. The third kappa shape index (κ3) is 1.33. The SMILES string of the molecule is Cc1nc2c3ccc(F)cc3c3ccccc3n2c1F. The van der Waals surface area contributed by atoms with E-state index in [0.717, 1.165) is 16.2 Å². The topological polar surface area (TPSA) is 17.3 Å². The Labute approximate surface area is 113 Å². The van der Waals surface area contributed by atoms with E-state index in [-0.39, 0.29) is 11.8 Å². The molecule has 2 heterocycles. The van der Waals surface area contributed by atoms with Gasteiger partial charge in [-0.3, -0.25) is 4.40 Å². The molecule has 0 radical (unpaired) electrons. The van der Waals surface area contributed by atoms with E-state index < -0.39 is 0 Å². The largest absolute Gasteiger partial charge is 0.268 e. The summed E-state index contributed by atoms with van der Waals surface area (Å²) in [5, 5.41) is 2.31. The van der Waals surface area contributed by atoms with E-state index >= 15 is 0 Å². The summed E-state index contributed by atoms with van der Waals surface area (Å²) in [5.41, 5.74) is 1.55. The number of pyridine rings is 1. The minimum atomic E-state index is -0.373. The number of hydrogen-bond donors (Lipinski definition) is 0. The van der Waals surface area contributed by atoms with E-state index in [2.05, 4.69) is 4.98 Å². The first kappa shape index (κ1) is 11.3. The summed E-state index contributed by atoms with van der Waals surface area (Å²) in [6, 6.07) is 11.9. The molecule has 0 bridgehead atoms. The highest BCUT2D eigenvalue weighted by Crippen LogP contribution is 2.30. The number of aryl methyl sites for hydroxylation is 1. The summed E-state index contributed by atoms with van der Waals surface area (Å²) in [7, 11) is 0. The minimum absolute atomic E-state index is 0.309. The van der Waals surface area contributed by atoms with Gasteiger partial charge in [0.15, 0.2) is 0 Å². The molecule has 0 unspecified atom stereocenters. The monoisotopic (exact) mass is 268 g/mol. The van der Waals surface area contributed by atoms with E-state index in [1.165, 1.54) is 16.5 Å². The molecule has 2 aromatic heterocycles. The van der Waals surface area contributed by atoms with Crippen LogP contribution in [0.4, 0.5) is 8.78 Å². The quantitative estimate of drug-likeness (QED) is 0.436. The van der Waals surface area contributed by atoms with Gasteiger partial charge in [-0.2, -0.15) is 4.39 Å². The molecule has 0 aliphatic heterocycles. The van der Waals surface area contributed by atoms with Crippen LogP contribution in [0.2, 0.25) is 0 Å². The highest BCUT2D eigenvalue weighted by atomic mass is 19.1. The fraction of sp³-hybridized carbons (Fsp3) is 0.0625. The minimum Gasteiger partial charge on any atom is -0.268 e. The van der Waals surface area contributed by atoms with Crippen LogP contribution in [0.25, 0.3) is 27.3 Å². The van der Waals surface area contributed by atoms with Gasteiger partial charge in [0.2, 0.25) is 5.95 Å². The Bertz CT molecular complexity index is 986. The van der Waals surface area contributed by atoms with Crippen molar-refractivity contribution in [1.29, 1.82) is 0 Å². The Hall–Kier alpha value is -2.49. The van der Waals surface area contributed by atoms with E-state index in [1.54, 1.807) is 13.0 Å². The number of rotatable bonds is 0. The first-order valence-corrected chi connectivity index (χ1v) is 6.31. The molecule has 0 fully saturated rings. The summed E-state index contributed by atoms with van der Waals surface area (Å²) < 4.78 is 29.4. The number of hydrogen-bond acceptors (Lipinski definition) is 1. The van der Waals surface area contributed by atoms with Crippen LogP contribution in [-0.2, 0) is 0 Å². The summed E-state index contributed by atoms with van der Waals surface area (Å²) in [5.74, 6) is -0.682. The lowest BCUT2D eigenvalue weighted by Gasteiger charge is -2.08. The molecule has 0 saturated heterocycles. The summed E-state index contributed by atoms with van der Waals surface area (Å²) in [6.07, 6.45) is 0. The number of para-hydroxylation sites is 1. The summed E-state index contributed by atoms with van der Waals surface area (Å²) in [6.45, 7) is 1.63. The zero-order chi connectivity index (χ0) is 13.9. The third-order valence-electron chi connectivity index (χ3n) is 3.64. The fourth-order valence-corrected chi connectivity index (χ4v) is 2.74. The number of nitrogens with zero attached hydrogens (tertiary/aromatic N) is 2. The van der Waals surface area contributed by atoms with Crippen LogP contribution in [0, 0.1) is 18.7 Å². The van der Waals surface area contributed by atoms with Crippen molar-refractivity contribution in [2.45, 2.75) is 6.92 Å². The molecule has 0 atom stereocenters. The molecular formula is C16H10F2N2. The van der Waals surface area contributed by atoms with E-state index in [1.807, 2.05) is 24.3 Å². The van der Waals surface area contributed by atoms with Gasteiger partial charge in [0, 0.05) is 10.8 Å². The molecule has 4 rings (SSSR count). The molecule has 0 aliphatic carbocycles. The second-order valence-corrected chi connectivity index (χ2v) is 4.85. The fourth-order valence-electron chi connectivity index (χ4n) is 2.74. The summed E-state index contributed by atoms with van der Waals surface area (Å²) >= 11 is 0. The van der Waals surface area contributed by atoms with Gasteiger partial charge in [-0.1, -0.05) is 18.2 Å². The lowest BCUT2D eigenvalue weighted by Crippen LogP contribution is -1.94. The second-order valence-electron chi connectivity index (χ2n) is 4.85. The van der Waals surface area contributed by atoms with Gasteiger partial charge in [0.1, 0.15) is 11.5 Å². The molecule has 0 amide bonds. The van der Waals surface area contributed by atoms with Crippen LogP contribution >= 0.6 is 0 Å². The molecule has 4 aromatic rings. The van der Waals surface area contributed by atoms with E-state index in [4.69, 9.17) is 0 Å². The Balaban J connectivity index is 2.44. The van der Waals surface area contributed by atoms with Gasteiger partial charge in [-0.05, 0) is 36.6 Å². The molecule has 2 nitrogen and oxygen atoms in total. The molecule has 0 saturated carbocycles. The maximum Gasteiger partial charge on any atom is 0.221 e. The average Bonchev–Trinajstić information content (AvgIpc) is 2.75. The zero-order valence-electron chi connectivity index (χ0n) is 10.7. The van der Waals surface area contributed by atoms with E-state index in [9.17, 15) is 8.78 Å². The van der Waals surface area contributed by atoms with Gasteiger partial charge in [0.25, 0.3) is 0 Å². The van der Waals surface area contributed by atoms with Crippen molar-refractivity contribution in [2.75, 3.05) is 0 Å². The van der Waals surface area contributed by atoms with E-state index in [0.29, 0.717) is 16.9 Å². The van der Waals surface area contributed by atoms with Crippen LogP contribution in [-0.4, -0.2) is 9.38 Å². The van der Waals surface area contributed by atoms with Crippen LogP contribution in [0.15, 0.2) is 42.5 Å². The average molecular weight is 268 g/mol. The van der Waals surface area contributed by atoms with Gasteiger partial charge in [-0.15, -0.1) is 0 Å². The predicted molar refractivity (Wildman–Crippen MR) is 74.9 cm³/mol.